The Labute approximate surface area is 104 Å². The average Bonchev–Trinajstić information content (AvgIpc) is 2.38. The summed E-state index contributed by atoms with van der Waals surface area (Å²) in [6.45, 7) is 2.01. The van der Waals surface area contributed by atoms with Gasteiger partial charge in [-0.05, 0) is 30.9 Å². The van der Waals surface area contributed by atoms with Crippen LogP contribution in [0.2, 0.25) is 0 Å². The van der Waals surface area contributed by atoms with Gasteiger partial charge in [-0.25, -0.2) is 0 Å². The third-order valence-electron chi connectivity index (χ3n) is 3.83. The first-order valence-corrected chi connectivity index (χ1v) is 6.68. The molecule has 1 atom stereocenters. The third-order valence-corrected chi connectivity index (χ3v) is 3.83. The molecule has 0 amide bonds. The van der Waals surface area contributed by atoms with Crippen LogP contribution in [-0.4, -0.2) is 4.98 Å². The molecule has 1 aromatic rings. The summed E-state index contributed by atoms with van der Waals surface area (Å²) in [5, 5.41) is 0. The molecule has 3 N–H and O–H groups in total. The van der Waals surface area contributed by atoms with Gasteiger partial charge in [0.05, 0.1) is 0 Å². The first-order valence-electron chi connectivity index (χ1n) is 6.68. The van der Waals surface area contributed by atoms with Gasteiger partial charge in [-0.1, -0.05) is 38.2 Å². The smallest absolute Gasteiger partial charge is 0.0477 e. The minimum Gasteiger partial charge on any atom is -0.271 e. The first kappa shape index (κ1) is 12.5. The van der Waals surface area contributed by atoms with Crippen LogP contribution >= 0.6 is 0 Å². The molecule has 0 spiro atoms. The van der Waals surface area contributed by atoms with Crippen molar-refractivity contribution in [3.63, 3.8) is 0 Å². The van der Waals surface area contributed by atoms with E-state index in [1.165, 1.54) is 37.7 Å². The lowest BCUT2D eigenvalue weighted by molar-refractivity contribution is 0.301. The molecule has 1 unspecified atom stereocenters. The molecule has 1 fully saturated rings. The van der Waals surface area contributed by atoms with Gasteiger partial charge in [0, 0.05) is 17.9 Å². The van der Waals surface area contributed by atoms with Crippen LogP contribution in [0.3, 0.4) is 0 Å². The minimum atomic E-state index is 0.256. The molecule has 0 aliphatic heterocycles. The second-order valence-electron chi connectivity index (χ2n) is 5.19. The highest BCUT2D eigenvalue weighted by Crippen LogP contribution is 2.31. The SMILES string of the molecule is Cc1ccc(C(CC2CCCCC2)NN)cn1. The first-order chi connectivity index (χ1) is 8.29. The molecule has 1 aliphatic rings. The fraction of sp³-hybridized carbons (Fsp3) is 0.643. The maximum atomic E-state index is 5.68. The number of nitrogens with two attached hydrogens (primary N) is 1. The lowest BCUT2D eigenvalue weighted by Gasteiger charge is -2.26. The molecule has 0 saturated heterocycles. The van der Waals surface area contributed by atoms with Gasteiger partial charge in [0.15, 0.2) is 0 Å². The highest BCUT2D eigenvalue weighted by molar-refractivity contribution is 5.17. The topological polar surface area (TPSA) is 50.9 Å². The van der Waals surface area contributed by atoms with Gasteiger partial charge in [0.2, 0.25) is 0 Å². The maximum absolute atomic E-state index is 5.68. The van der Waals surface area contributed by atoms with Crippen molar-refractivity contribution in [1.29, 1.82) is 0 Å². The van der Waals surface area contributed by atoms with E-state index < -0.39 is 0 Å². The summed E-state index contributed by atoms with van der Waals surface area (Å²) in [5.41, 5.74) is 5.21. The lowest BCUT2D eigenvalue weighted by Crippen LogP contribution is -2.30. The van der Waals surface area contributed by atoms with E-state index >= 15 is 0 Å². The average molecular weight is 233 g/mol. The van der Waals surface area contributed by atoms with Crippen molar-refractivity contribution in [1.82, 2.24) is 10.4 Å². The van der Waals surface area contributed by atoms with E-state index in [2.05, 4.69) is 22.5 Å². The zero-order chi connectivity index (χ0) is 12.1. The number of nitrogens with one attached hydrogen (secondary N) is 1. The predicted octanol–water partition coefficient (Wildman–Crippen LogP) is 2.86. The summed E-state index contributed by atoms with van der Waals surface area (Å²) < 4.78 is 0. The molecule has 1 aromatic heterocycles. The van der Waals surface area contributed by atoms with Crippen molar-refractivity contribution in [3.8, 4) is 0 Å². The quantitative estimate of drug-likeness (QED) is 0.621. The Morgan fingerprint density at radius 3 is 2.71 bits per heavy atom. The van der Waals surface area contributed by atoms with E-state index in [-0.39, 0.29) is 6.04 Å². The predicted molar refractivity (Wildman–Crippen MR) is 70.2 cm³/mol. The summed E-state index contributed by atoms with van der Waals surface area (Å²) >= 11 is 0. The molecule has 1 aliphatic carbocycles. The largest absolute Gasteiger partial charge is 0.271 e. The van der Waals surface area contributed by atoms with Gasteiger partial charge in [-0.3, -0.25) is 16.3 Å². The maximum Gasteiger partial charge on any atom is 0.0477 e. The van der Waals surface area contributed by atoms with Crippen molar-refractivity contribution in [2.24, 2.45) is 11.8 Å². The number of hydrogen-bond acceptors (Lipinski definition) is 3. The second kappa shape index (κ2) is 6.12. The highest BCUT2D eigenvalue weighted by atomic mass is 15.2. The van der Waals surface area contributed by atoms with Crippen LogP contribution in [0.25, 0.3) is 0 Å². The molecule has 0 radical (unpaired) electrons. The number of hydrogen-bond donors (Lipinski definition) is 2. The van der Waals surface area contributed by atoms with Gasteiger partial charge in [-0.15, -0.1) is 0 Å². The minimum absolute atomic E-state index is 0.256. The van der Waals surface area contributed by atoms with E-state index in [4.69, 9.17) is 5.84 Å². The molecule has 0 aromatic carbocycles. The molecule has 2 rings (SSSR count). The summed E-state index contributed by atoms with van der Waals surface area (Å²) in [6, 6.07) is 4.45. The van der Waals surface area contributed by atoms with Gasteiger partial charge in [0.1, 0.15) is 0 Å². The Morgan fingerprint density at radius 2 is 2.12 bits per heavy atom. The summed E-state index contributed by atoms with van der Waals surface area (Å²) in [7, 11) is 0. The summed E-state index contributed by atoms with van der Waals surface area (Å²) in [6.07, 6.45) is 9.98. The van der Waals surface area contributed by atoms with Gasteiger partial charge in [-0.2, -0.15) is 0 Å². The number of nitrogens with zero attached hydrogens (tertiary/aromatic N) is 1. The molecule has 3 nitrogen and oxygen atoms in total. The Balaban J connectivity index is 1.97. The van der Waals surface area contributed by atoms with Gasteiger partial charge in [0.25, 0.3) is 0 Å². The molecular formula is C14H23N3. The molecule has 1 saturated carbocycles. The fourth-order valence-electron chi connectivity index (χ4n) is 2.74. The van der Waals surface area contributed by atoms with E-state index in [1.54, 1.807) is 0 Å². The van der Waals surface area contributed by atoms with Crippen LogP contribution in [0.15, 0.2) is 18.3 Å². The van der Waals surface area contributed by atoms with Gasteiger partial charge >= 0.3 is 0 Å². The summed E-state index contributed by atoms with van der Waals surface area (Å²) in [5.74, 6) is 6.51. The number of aryl methyl sites for hydroxylation is 1. The molecular weight excluding hydrogens is 210 g/mol. The second-order valence-corrected chi connectivity index (χ2v) is 5.19. The zero-order valence-corrected chi connectivity index (χ0v) is 10.7. The van der Waals surface area contributed by atoms with Crippen molar-refractivity contribution in [3.05, 3.63) is 29.6 Å². The Bertz CT molecular complexity index is 328. The standard InChI is InChI=1S/C14H23N3/c1-11-7-8-13(10-16-11)14(17-15)9-12-5-3-2-4-6-12/h7-8,10,12,14,17H,2-6,9,15H2,1H3. The van der Waals surface area contributed by atoms with Crippen molar-refractivity contribution >= 4 is 0 Å². The third kappa shape index (κ3) is 3.51. The van der Waals surface area contributed by atoms with Crippen LogP contribution in [0.5, 0.6) is 0 Å². The molecule has 1 heterocycles. The van der Waals surface area contributed by atoms with Crippen LogP contribution in [0.4, 0.5) is 0 Å². The molecule has 17 heavy (non-hydrogen) atoms. The monoisotopic (exact) mass is 233 g/mol. The summed E-state index contributed by atoms with van der Waals surface area (Å²) in [4.78, 5) is 4.35. The van der Waals surface area contributed by atoms with Crippen LogP contribution in [0, 0.1) is 12.8 Å². The van der Waals surface area contributed by atoms with E-state index in [1.807, 2.05) is 13.1 Å². The fourth-order valence-corrected chi connectivity index (χ4v) is 2.74. The van der Waals surface area contributed by atoms with Crippen molar-refractivity contribution in [2.45, 2.75) is 51.5 Å². The molecule has 3 heteroatoms. The zero-order valence-electron chi connectivity index (χ0n) is 10.7. The number of rotatable bonds is 4. The van der Waals surface area contributed by atoms with Crippen LogP contribution in [0.1, 0.15) is 55.8 Å². The number of hydrazine groups is 1. The normalized spacial score (nSPS) is 19.2. The van der Waals surface area contributed by atoms with E-state index in [9.17, 15) is 0 Å². The van der Waals surface area contributed by atoms with Crippen molar-refractivity contribution in [2.75, 3.05) is 0 Å². The Kier molecular flexibility index (Phi) is 4.51. The van der Waals surface area contributed by atoms with Crippen LogP contribution in [-0.2, 0) is 0 Å². The molecule has 0 bridgehead atoms. The molecule has 94 valence electrons. The van der Waals surface area contributed by atoms with E-state index in [0.29, 0.717) is 0 Å². The number of aromatic nitrogens is 1. The van der Waals surface area contributed by atoms with Gasteiger partial charge < -0.3 is 0 Å². The van der Waals surface area contributed by atoms with Crippen molar-refractivity contribution < 1.29 is 0 Å². The van der Waals surface area contributed by atoms with Crippen LogP contribution < -0.4 is 11.3 Å². The highest BCUT2D eigenvalue weighted by Gasteiger charge is 2.19. The van der Waals surface area contributed by atoms with E-state index in [0.717, 1.165) is 18.0 Å². The lowest BCUT2D eigenvalue weighted by atomic mass is 9.84. The Morgan fingerprint density at radius 1 is 1.35 bits per heavy atom. The Hall–Kier alpha value is -0.930. The number of pyridine rings is 1.